The van der Waals surface area contributed by atoms with Gasteiger partial charge in [0.25, 0.3) is 0 Å². The lowest BCUT2D eigenvalue weighted by Gasteiger charge is -2.17. The van der Waals surface area contributed by atoms with Crippen molar-refractivity contribution in [1.82, 2.24) is 10.6 Å². The molecule has 1 amide bonds. The SMILES string of the molecule is CCc1ccc([C@H](C)NC(=O)[C@@H]2C[C@@H](O)CN2)cc1. The van der Waals surface area contributed by atoms with E-state index in [0.29, 0.717) is 13.0 Å². The fraction of sp³-hybridized carbons (Fsp3) is 0.533. The van der Waals surface area contributed by atoms with Crippen molar-refractivity contribution in [3.63, 3.8) is 0 Å². The van der Waals surface area contributed by atoms with Crippen LogP contribution in [0, 0.1) is 0 Å². The van der Waals surface area contributed by atoms with E-state index in [0.717, 1.165) is 12.0 Å². The monoisotopic (exact) mass is 262 g/mol. The largest absolute Gasteiger partial charge is 0.392 e. The van der Waals surface area contributed by atoms with Gasteiger partial charge in [-0.2, -0.15) is 0 Å². The normalized spacial score (nSPS) is 24.2. The summed E-state index contributed by atoms with van der Waals surface area (Å²) >= 11 is 0. The third-order valence-electron chi connectivity index (χ3n) is 3.67. The van der Waals surface area contributed by atoms with Crippen LogP contribution in [0.2, 0.25) is 0 Å². The Hall–Kier alpha value is -1.39. The molecule has 1 aromatic rings. The summed E-state index contributed by atoms with van der Waals surface area (Å²) in [5.41, 5.74) is 2.40. The number of carbonyl (C=O) groups excluding carboxylic acids is 1. The summed E-state index contributed by atoms with van der Waals surface area (Å²) in [6, 6.07) is 8.01. The van der Waals surface area contributed by atoms with Gasteiger partial charge in [-0.3, -0.25) is 4.79 Å². The highest BCUT2D eigenvalue weighted by molar-refractivity contribution is 5.82. The Morgan fingerprint density at radius 1 is 1.47 bits per heavy atom. The molecule has 4 heteroatoms. The molecular formula is C15H22N2O2. The van der Waals surface area contributed by atoms with Crippen LogP contribution in [0.15, 0.2) is 24.3 Å². The molecular weight excluding hydrogens is 240 g/mol. The summed E-state index contributed by atoms with van der Waals surface area (Å²) in [5, 5.41) is 15.4. The summed E-state index contributed by atoms with van der Waals surface area (Å²) in [6.45, 7) is 4.60. The predicted octanol–water partition coefficient (Wildman–Crippen LogP) is 1.15. The lowest BCUT2D eigenvalue weighted by atomic mass is 10.0. The van der Waals surface area contributed by atoms with Gasteiger partial charge in [0, 0.05) is 6.54 Å². The number of carbonyl (C=O) groups is 1. The van der Waals surface area contributed by atoms with Gasteiger partial charge in [-0.1, -0.05) is 31.2 Å². The smallest absolute Gasteiger partial charge is 0.237 e. The molecule has 3 N–H and O–H groups in total. The second-order valence-corrected chi connectivity index (χ2v) is 5.18. The number of β-amino-alcohol motifs (C(OH)–C–C–N with tert-alkyl or cyclic N) is 1. The van der Waals surface area contributed by atoms with Crippen molar-refractivity contribution < 1.29 is 9.90 Å². The number of amides is 1. The van der Waals surface area contributed by atoms with Crippen LogP contribution in [0.3, 0.4) is 0 Å². The van der Waals surface area contributed by atoms with Crippen molar-refractivity contribution in [1.29, 1.82) is 0 Å². The first-order valence-corrected chi connectivity index (χ1v) is 6.90. The van der Waals surface area contributed by atoms with E-state index < -0.39 is 6.10 Å². The summed E-state index contributed by atoms with van der Waals surface area (Å²) in [7, 11) is 0. The van der Waals surface area contributed by atoms with Crippen molar-refractivity contribution in [3.05, 3.63) is 35.4 Å². The molecule has 1 fully saturated rings. The van der Waals surface area contributed by atoms with Crippen LogP contribution in [0.1, 0.15) is 37.4 Å². The Bertz CT molecular complexity index is 430. The Morgan fingerprint density at radius 3 is 2.68 bits per heavy atom. The summed E-state index contributed by atoms with van der Waals surface area (Å²) in [6.07, 6.45) is 1.10. The number of aryl methyl sites for hydroxylation is 1. The van der Waals surface area contributed by atoms with E-state index in [-0.39, 0.29) is 18.0 Å². The van der Waals surface area contributed by atoms with Gasteiger partial charge in [-0.05, 0) is 30.9 Å². The zero-order valence-electron chi connectivity index (χ0n) is 11.5. The highest BCUT2D eigenvalue weighted by atomic mass is 16.3. The average Bonchev–Trinajstić information content (AvgIpc) is 2.85. The van der Waals surface area contributed by atoms with E-state index in [1.807, 2.05) is 6.92 Å². The van der Waals surface area contributed by atoms with E-state index >= 15 is 0 Å². The maximum Gasteiger partial charge on any atom is 0.237 e. The second kappa shape index (κ2) is 6.17. The van der Waals surface area contributed by atoms with E-state index in [1.54, 1.807) is 0 Å². The Balaban J connectivity index is 1.92. The lowest BCUT2D eigenvalue weighted by Crippen LogP contribution is -2.41. The fourth-order valence-corrected chi connectivity index (χ4v) is 2.36. The third-order valence-corrected chi connectivity index (χ3v) is 3.67. The van der Waals surface area contributed by atoms with Gasteiger partial charge in [0.2, 0.25) is 5.91 Å². The topological polar surface area (TPSA) is 61.4 Å². The molecule has 1 aliphatic rings. The Morgan fingerprint density at radius 2 is 2.16 bits per heavy atom. The maximum absolute atomic E-state index is 12.0. The highest BCUT2D eigenvalue weighted by Crippen LogP contribution is 2.15. The van der Waals surface area contributed by atoms with Crippen molar-refractivity contribution in [3.8, 4) is 0 Å². The molecule has 4 nitrogen and oxygen atoms in total. The number of rotatable bonds is 4. The van der Waals surface area contributed by atoms with Crippen LogP contribution in [0.5, 0.6) is 0 Å². The van der Waals surface area contributed by atoms with Crippen LogP contribution in [-0.2, 0) is 11.2 Å². The number of aliphatic hydroxyl groups is 1. The molecule has 0 aliphatic carbocycles. The summed E-state index contributed by atoms with van der Waals surface area (Å²) in [5.74, 6) is -0.0383. The standard InChI is InChI=1S/C15H22N2O2/c1-3-11-4-6-12(7-5-11)10(2)17-15(19)14-8-13(18)9-16-14/h4-7,10,13-14,16,18H,3,8-9H2,1-2H3,(H,17,19)/t10-,13+,14-/m0/s1. The van der Waals surface area contributed by atoms with Gasteiger partial charge in [-0.15, -0.1) is 0 Å². The molecule has 1 aromatic carbocycles. The number of aliphatic hydroxyl groups excluding tert-OH is 1. The van der Waals surface area contributed by atoms with E-state index in [4.69, 9.17) is 0 Å². The summed E-state index contributed by atoms with van der Waals surface area (Å²) in [4.78, 5) is 12.0. The van der Waals surface area contributed by atoms with E-state index in [1.165, 1.54) is 5.56 Å². The van der Waals surface area contributed by atoms with Crippen LogP contribution in [0.4, 0.5) is 0 Å². The van der Waals surface area contributed by atoms with Crippen LogP contribution in [0.25, 0.3) is 0 Å². The first kappa shape index (κ1) is 14.0. The first-order valence-electron chi connectivity index (χ1n) is 6.90. The molecule has 0 saturated carbocycles. The van der Waals surface area contributed by atoms with Gasteiger partial charge in [-0.25, -0.2) is 0 Å². The van der Waals surface area contributed by atoms with Gasteiger partial charge in [0.15, 0.2) is 0 Å². The minimum atomic E-state index is -0.408. The van der Waals surface area contributed by atoms with Gasteiger partial charge in [0.1, 0.15) is 0 Å². The maximum atomic E-state index is 12.0. The minimum absolute atomic E-state index is 0.0158. The zero-order valence-corrected chi connectivity index (χ0v) is 11.5. The molecule has 0 radical (unpaired) electrons. The predicted molar refractivity (Wildman–Crippen MR) is 74.8 cm³/mol. The van der Waals surface area contributed by atoms with Crippen molar-refractivity contribution in [2.45, 2.75) is 44.9 Å². The molecule has 2 rings (SSSR count). The molecule has 104 valence electrons. The third kappa shape index (κ3) is 3.55. The molecule has 1 heterocycles. The second-order valence-electron chi connectivity index (χ2n) is 5.18. The quantitative estimate of drug-likeness (QED) is 0.763. The van der Waals surface area contributed by atoms with Gasteiger partial charge >= 0.3 is 0 Å². The van der Waals surface area contributed by atoms with Crippen LogP contribution >= 0.6 is 0 Å². The van der Waals surface area contributed by atoms with E-state index in [2.05, 4.69) is 41.8 Å². The Kier molecular flexibility index (Phi) is 4.56. The lowest BCUT2D eigenvalue weighted by molar-refractivity contribution is -0.123. The molecule has 0 bridgehead atoms. The van der Waals surface area contributed by atoms with Crippen molar-refractivity contribution >= 4 is 5.91 Å². The van der Waals surface area contributed by atoms with Gasteiger partial charge < -0.3 is 15.7 Å². The first-order chi connectivity index (χ1) is 9.10. The molecule has 0 unspecified atom stereocenters. The molecule has 3 atom stereocenters. The zero-order chi connectivity index (χ0) is 13.8. The Labute approximate surface area is 114 Å². The van der Waals surface area contributed by atoms with Crippen LogP contribution < -0.4 is 10.6 Å². The number of benzene rings is 1. The molecule has 1 aliphatic heterocycles. The minimum Gasteiger partial charge on any atom is -0.392 e. The van der Waals surface area contributed by atoms with Crippen molar-refractivity contribution in [2.24, 2.45) is 0 Å². The highest BCUT2D eigenvalue weighted by Gasteiger charge is 2.28. The van der Waals surface area contributed by atoms with Crippen LogP contribution in [-0.4, -0.2) is 29.7 Å². The average molecular weight is 262 g/mol. The number of nitrogens with one attached hydrogen (secondary N) is 2. The number of hydrogen-bond acceptors (Lipinski definition) is 3. The number of hydrogen-bond donors (Lipinski definition) is 3. The molecule has 19 heavy (non-hydrogen) atoms. The van der Waals surface area contributed by atoms with Gasteiger partial charge in [0.05, 0.1) is 18.2 Å². The summed E-state index contributed by atoms with van der Waals surface area (Å²) < 4.78 is 0. The molecule has 1 saturated heterocycles. The van der Waals surface area contributed by atoms with Crippen molar-refractivity contribution in [2.75, 3.05) is 6.54 Å². The fourth-order valence-electron chi connectivity index (χ4n) is 2.36. The molecule has 0 aromatic heterocycles. The molecule has 0 spiro atoms. The van der Waals surface area contributed by atoms with E-state index in [9.17, 15) is 9.90 Å².